The molecule has 0 aromatic carbocycles. The zero-order valence-corrected chi connectivity index (χ0v) is 5.68. The molecule has 2 heteroatoms. The molecule has 0 saturated carbocycles. The fraction of sp³-hybridized carbons (Fsp3) is 0.833. The Kier molecular flexibility index (Phi) is 2.52. The summed E-state index contributed by atoms with van der Waals surface area (Å²) in [4.78, 5) is 0. The zero-order chi connectivity index (χ0) is 6.62. The second-order valence-corrected chi connectivity index (χ2v) is 3.06. The van der Waals surface area contributed by atoms with E-state index in [1.54, 1.807) is 0 Å². The van der Waals surface area contributed by atoms with E-state index in [-0.39, 0.29) is 5.41 Å². The third kappa shape index (κ3) is 5.47. The minimum absolute atomic E-state index is 0.242. The molecule has 0 heterocycles. The van der Waals surface area contributed by atoms with Gasteiger partial charge in [0.2, 0.25) is 0 Å². The van der Waals surface area contributed by atoms with Crippen molar-refractivity contribution in [2.45, 2.75) is 27.2 Å². The molecule has 0 aliphatic rings. The van der Waals surface area contributed by atoms with Gasteiger partial charge in [0, 0.05) is 6.21 Å². The topological polar surface area (TPSA) is 32.6 Å². The highest BCUT2D eigenvalue weighted by Crippen LogP contribution is 2.15. The molecule has 0 radical (unpaired) electrons. The van der Waals surface area contributed by atoms with Gasteiger partial charge in [-0.1, -0.05) is 20.8 Å². The Balaban J connectivity index is 3.39. The lowest BCUT2D eigenvalue weighted by atomic mass is 9.93. The Morgan fingerprint density at radius 3 is 2.12 bits per heavy atom. The summed E-state index contributed by atoms with van der Waals surface area (Å²) < 4.78 is 0. The number of rotatable bonds is 1. The molecule has 0 aliphatic carbocycles. The van der Waals surface area contributed by atoms with Crippen LogP contribution in [0.1, 0.15) is 27.2 Å². The van der Waals surface area contributed by atoms with Gasteiger partial charge in [-0.2, -0.15) is 0 Å². The van der Waals surface area contributed by atoms with Gasteiger partial charge in [0.25, 0.3) is 0 Å². The first-order valence-corrected chi connectivity index (χ1v) is 2.72. The van der Waals surface area contributed by atoms with Crippen LogP contribution in [-0.2, 0) is 0 Å². The van der Waals surface area contributed by atoms with Crippen molar-refractivity contribution in [1.29, 1.82) is 0 Å². The maximum Gasteiger partial charge on any atom is 0.0441 e. The summed E-state index contributed by atoms with van der Waals surface area (Å²) in [5, 5.41) is 10.9. The standard InChI is InChI=1S/C6H13NO/c1-6(2,3)4-5-7-8/h5,8H,4H2,1-3H3/b7-5+. The molecule has 8 heavy (non-hydrogen) atoms. The molecule has 0 aliphatic heterocycles. The van der Waals surface area contributed by atoms with E-state index in [2.05, 4.69) is 25.9 Å². The van der Waals surface area contributed by atoms with Crippen molar-refractivity contribution in [3.63, 3.8) is 0 Å². The number of hydrogen-bond donors (Lipinski definition) is 1. The molecule has 0 fully saturated rings. The van der Waals surface area contributed by atoms with E-state index in [9.17, 15) is 0 Å². The van der Waals surface area contributed by atoms with Gasteiger partial charge in [-0.3, -0.25) is 0 Å². The first kappa shape index (κ1) is 7.47. The second kappa shape index (κ2) is 2.70. The maximum absolute atomic E-state index is 8.00. The summed E-state index contributed by atoms with van der Waals surface area (Å²) in [6.45, 7) is 6.28. The highest BCUT2D eigenvalue weighted by Gasteiger charge is 2.06. The van der Waals surface area contributed by atoms with Crippen molar-refractivity contribution in [3.8, 4) is 0 Å². The van der Waals surface area contributed by atoms with Crippen molar-refractivity contribution in [1.82, 2.24) is 0 Å². The van der Waals surface area contributed by atoms with Crippen LogP contribution in [0.2, 0.25) is 0 Å². The summed E-state index contributed by atoms with van der Waals surface area (Å²) >= 11 is 0. The molecule has 0 saturated heterocycles. The number of hydrogen-bond acceptors (Lipinski definition) is 2. The lowest BCUT2D eigenvalue weighted by molar-refractivity contribution is 0.316. The van der Waals surface area contributed by atoms with Crippen molar-refractivity contribution in [3.05, 3.63) is 0 Å². The first-order chi connectivity index (χ1) is 3.56. The molecule has 0 bridgehead atoms. The highest BCUT2D eigenvalue weighted by atomic mass is 16.4. The van der Waals surface area contributed by atoms with E-state index in [1.165, 1.54) is 6.21 Å². The SMILES string of the molecule is CC(C)(C)C/C=N/O. The molecular formula is C6H13NO. The van der Waals surface area contributed by atoms with Crippen LogP contribution >= 0.6 is 0 Å². The van der Waals surface area contributed by atoms with Gasteiger partial charge in [0.1, 0.15) is 0 Å². The second-order valence-electron chi connectivity index (χ2n) is 3.06. The third-order valence-corrected chi connectivity index (χ3v) is 0.785. The Morgan fingerprint density at radius 2 is 2.00 bits per heavy atom. The normalized spacial score (nSPS) is 12.9. The zero-order valence-electron chi connectivity index (χ0n) is 5.68. The molecule has 0 atom stereocenters. The van der Waals surface area contributed by atoms with Crippen LogP contribution in [0.3, 0.4) is 0 Å². The average Bonchev–Trinajstić information content (AvgIpc) is 1.59. The molecular weight excluding hydrogens is 102 g/mol. The average molecular weight is 115 g/mol. The quantitative estimate of drug-likeness (QED) is 0.316. The minimum atomic E-state index is 0.242. The fourth-order valence-corrected chi connectivity index (χ4v) is 0.315. The van der Waals surface area contributed by atoms with E-state index in [0.29, 0.717) is 0 Å². The van der Waals surface area contributed by atoms with Crippen LogP contribution in [0.15, 0.2) is 5.16 Å². The highest BCUT2D eigenvalue weighted by molar-refractivity contribution is 5.56. The number of oxime groups is 1. The Bertz CT molecular complexity index is 81.0. The van der Waals surface area contributed by atoms with E-state index >= 15 is 0 Å². The molecule has 0 spiro atoms. The molecule has 0 rings (SSSR count). The van der Waals surface area contributed by atoms with Crippen molar-refractivity contribution < 1.29 is 5.21 Å². The third-order valence-electron chi connectivity index (χ3n) is 0.785. The first-order valence-electron chi connectivity index (χ1n) is 2.72. The van der Waals surface area contributed by atoms with Gasteiger partial charge >= 0.3 is 0 Å². The molecule has 1 N–H and O–H groups in total. The largest absolute Gasteiger partial charge is 0.411 e. The van der Waals surface area contributed by atoms with E-state index < -0.39 is 0 Å². The molecule has 2 nitrogen and oxygen atoms in total. The van der Waals surface area contributed by atoms with Gasteiger partial charge in [-0.05, 0) is 11.8 Å². The lowest BCUT2D eigenvalue weighted by Crippen LogP contribution is -2.04. The smallest absolute Gasteiger partial charge is 0.0441 e. The molecule has 0 aromatic heterocycles. The molecule has 0 amide bonds. The molecule has 0 unspecified atom stereocenters. The summed E-state index contributed by atoms with van der Waals surface area (Å²) in [6.07, 6.45) is 2.34. The summed E-state index contributed by atoms with van der Waals surface area (Å²) in [7, 11) is 0. The van der Waals surface area contributed by atoms with Gasteiger partial charge in [0.05, 0.1) is 0 Å². The van der Waals surface area contributed by atoms with Gasteiger partial charge in [-0.25, -0.2) is 0 Å². The molecule has 0 aromatic rings. The predicted molar refractivity (Wildman–Crippen MR) is 34.4 cm³/mol. The Morgan fingerprint density at radius 1 is 1.50 bits per heavy atom. The summed E-state index contributed by atoms with van der Waals surface area (Å²) in [5.74, 6) is 0. The summed E-state index contributed by atoms with van der Waals surface area (Å²) in [6, 6.07) is 0. The van der Waals surface area contributed by atoms with Crippen LogP contribution < -0.4 is 0 Å². The lowest BCUT2D eigenvalue weighted by Gasteiger charge is -2.12. The van der Waals surface area contributed by atoms with Crippen LogP contribution in [0.4, 0.5) is 0 Å². The monoisotopic (exact) mass is 115 g/mol. The maximum atomic E-state index is 8.00. The Hall–Kier alpha value is -0.530. The Labute approximate surface area is 50.2 Å². The molecule has 48 valence electrons. The van der Waals surface area contributed by atoms with Crippen molar-refractivity contribution in [2.24, 2.45) is 10.6 Å². The summed E-state index contributed by atoms with van der Waals surface area (Å²) in [5.41, 5.74) is 0.242. The van der Waals surface area contributed by atoms with Gasteiger partial charge in [0.15, 0.2) is 0 Å². The van der Waals surface area contributed by atoms with E-state index in [1.807, 2.05) is 0 Å². The van der Waals surface area contributed by atoms with Gasteiger partial charge in [-0.15, -0.1) is 5.16 Å². The predicted octanol–water partition coefficient (Wildman–Crippen LogP) is 1.88. The van der Waals surface area contributed by atoms with Crippen LogP contribution in [0.5, 0.6) is 0 Å². The van der Waals surface area contributed by atoms with Crippen LogP contribution in [0, 0.1) is 5.41 Å². The van der Waals surface area contributed by atoms with Crippen LogP contribution in [0.25, 0.3) is 0 Å². The van der Waals surface area contributed by atoms with E-state index in [4.69, 9.17) is 5.21 Å². The van der Waals surface area contributed by atoms with Crippen molar-refractivity contribution >= 4 is 6.21 Å². The van der Waals surface area contributed by atoms with Gasteiger partial charge < -0.3 is 5.21 Å². The van der Waals surface area contributed by atoms with E-state index in [0.717, 1.165) is 6.42 Å². The fourth-order valence-electron chi connectivity index (χ4n) is 0.315. The van der Waals surface area contributed by atoms with Crippen molar-refractivity contribution in [2.75, 3.05) is 0 Å². The minimum Gasteiger partial charge on any atom is -0.411 e. The number of nitrogens with zero attached hydrogens (tertiary/aromatic N) is 1. The van der Waals surface area contributed by atoms with Crippen LogP contribution in [-0.4, -0.2) is 11.4 Å².